The fourth-order valence-electron chi connectivity index (χ4n) is 3.62. The first-order chi connectivity index (χ1) is 12.1. The summed E-state index contributed by atoms with van der Waals surface area (Å²) in [5, 5.41) is 18.6. The van der Waals surface area contributed by atoms with E-state index in [4.69, 9.17) is 0 Å². The van der Waals surface area contributed by atoms with E-state index < -0.39 is 11.6 Å². The van der Waals surface area contributed by atoms with Gasteiger partial charge in [-0.05, 0) is 60.3 Å². The maximum Gasteiger partial charge on any atom is 0.159 e. The average molecular weight is 343 g/mol. The summed E-state index contributed by atoms with van der Waals surface area (Å²) in [6.45, 7) is 1.92. The fraction of sp³-hybridized carbons (Fsp3) is 0.316. The molecule has 2 N–H and O–H groups in total. The first-order valence-electron chi connectivity index (χ1n) is 8.46. The van der Waals surface area contributed by atoms with Gasteiger partial charge in [0.05, 0.1) is 11.9 Å². The highest BCUT2D eigenvalue weighted by Crippen LogP contribution is 2.29. The summed E-state index contributed by atoms with van der Waals surface area (Å²) >= 11 is 0. The monoisotopic (exact) mass is 343 g/mol. The number of rotatable bonds is 3. The number of nitrogens with one attached hydrogen (secondary N) is 1. The van der Waals surface area contributed by atoms with Gasteiger partial charge in [-0.2, -0.15) is 0 Å². The summed E-state index contributed by atoms with van der Waals surface area (Å²) in [4.78, 5) is 0.878. The van der Waals surface area contributed by atoms with Crippen LogP contribution in [0.1, 0.15) is 35.6 Å². The molecule has 0 bridgehead atoms. The molecule has 0 radical (unpaired) electrons. The number of halogens is 2. The highest BCUT2D eigenvalue weighted by Gasteiger charge is 2.21. The van der Waals surface area contributed by atoms with Crippen LogP contribution in [0.25, 0.3) is 10.8 Å². The standard InChI is InChI=1S/C19H19F2N3O/c20-17-9-14-2-1-12(7-15(14)10-18(17)21)8-19-16(11-24(25)23-19)13-3-5-22-6-4-13/h1-2,7,9-11,13,22,25H,3-6,8H2. The minimum absolute atomic E-state index is 0.379. The van der Waals surface area contributed by atoms with Gasteiger partial charge in [-0.3, -0.25) is 0 Å². The topological polar surface area (TPSA) is 50.1 Å². The normalized spacial score (nSPS) is 15.8. The number of nitrogens with zero attached hydrogens (tertiary/aromatic N) is 2. The maximum absolute atomic E-state index is 13.5. The Morgan fingerprint density at radius 3 is 2.56 bits per heavy atom. The molecule has 1 aliphatic rings. The van der Waals surface area contributed by atoms with Gasteiger partial charge in [-0.15, -0.1) is 9.94 Å². The molecule has 1 fully saturated rings. The number of hydrogen-bond donors (Lipinski definition) is 2. The van der Waals surface area contributed by atoms with Crippen molar-refractivity contribution in [2.75, 3.05) is 13.1 Å². The molecule has 1 aromatic heterocycles. The van der Waals surface area contributed by atoms with E-state index in [1.165, 1.54) is 12.1 Å². The quantitative estimate of drug-likeness (QED) is 0.714. The highest BCUT2D eigenvalue weighted by molar-refractivity contribution is 5.83. The first-order valence-corrected chi connectivity index (χ1v) is 8.46. The van der Waals surface area contributed by atoms with Crippen molar-refractivity contribution in [1.29, 1.82) is 0 Å². The second-order valence-electron chi connectivity index (χ2n) is 6.60. The zero-order chi connectivity index (χ0) is 17.4. The zero-order valence-corrected chi connectivity index (χ0v) is 13.7. The molecular weight excluding hydrogens is 324 g/mol. The van der Waals surface area contributed by atoms with Gasteiger partial charge in [0.1, 0.15) is 0 Å². The molecule has 25 heavy (non-hydrogen) atoms. The minimum atomic E-state index is -0.848. The molecule has 3 aromatic rings. The molecule has 2 heterocycles. The molecule has 1 aliphatic heterocycles. The average Bonchev–Trinajstić information content (AvgIpc) is 2.97. The number of benzene rings is 2. The van der Waals surface area contributed by atoms with E-state index in [2.05, 4.69) is 10.4 Å². The molecule has 1 saturated heterocycles. The number of hydrogen-bond acceptors (Lipinski definition) is 3. The lowest BCUT2D eigenvalue weighted by molar-refractivity contribution is 0.147. The molecule has 4 nitrogen and oxygen atoms in total. The third kappa shape index (κ3) is 3.22. The van der Waals surface area contributed by atoms with Crippen LogP contribution in [-0.4, -0.2) is 28.2 Å². The van der Waals surface area contributed by atoms with E-state index in [1.807, 2.05) is 12.1 Å². The van der Waals surface area contributed by atoms with Gasteiger partial charge in [0.15, 0.2) is 11.6 Å². The third-order valence-electron chi connectivity index (χ3n) is 4.91. The van der Waals surface area contributed by atoms with Crippen LogP contribution < -0.4 is 5.32 Å². The third-order valence-corrected chi connectivity index (χ3v) is 4.91. The highest BCUT2D eigenvalue weighted by atomic mass is 19.2. The number of aromatic nitrogens is 2. The molecule has 0 atom stereocenters. The van der Waals surface area contributed by atoms with Crippen LogP contribution in [0.15, 0.2) is 36.5 Å². The van der Waals surface area contributed by atoms with Crippen LogP contribution in [0.5, 0.6) is 0 Å². The summed E-state index contributed by atoms with van der Waals surface area (Å²) in [6.07, 6.45) is 4.25. The van der Waals surface area contributed by atoms with E-state index in [0.29, 0.717) is 23.1 Å². The van der Waals surface area contributed by atoms with E-state index in [9.17, 15) is 14.0 Å². The summed E-state index contributed by atoms with van der Waals surface area (Å²) in [6, 6.07) is 7.94. The van der Waals surface area contributed by atoms with Crippen molar-refractivity contribution in [2.24, 2.45) is 0 Å². The van der Waals surface area contributed by atoms with Crippen LogP contribution in [0.3, 0.4) is 0 Å². The molecule has 130 valence electrons. The van der Waals surface area contributed by atoms with Gasteiger partial charge >= 0.3 is 0 Å². The lowest BCUT2D eigenvalue weighted by Crippen LogP contribution is -2.26. The van der Waals surface area contributed by atoms with E-state index in [0.717, 1.165) is 47.6 Å². The van der Waals surface area contributed by atoms with Gasteiger partial charge in [0.2, 0.25) is 0 Å². The Hall–Kier alpha value is -2.47. The van der Waals surface area contributed by atoms with Gasteiger partial charge in [-0.1, -0.05) is 18.2 Å². The van der Waals surface area contributed by atoms with Crippen LogP contribution in [0, 0.1) is 11.6 Å². The van der Waals surface area contributed by atoms with Gasteiger partial charge in [0.25, 0.3) is 0 Å². The molecule has 2 aromatic carbocycles. The van der Waals surface area contributed by atoms with Gasteiger partial charge in [0, 0.05) is 12.0 Å². The molecule has 0 saturated carbocycles. The van der Waals surface area contributed by atoms with Crippen LogP contribution >= 0.6 is 0 Å². The Morgan fingerprint density at radius 2 is 1.80 bits per heavy atom. The van der Waals surface area contributed by atoms with Crippen molar-refractivity contribution < 1.29 is 14.0 Å². The lowest BCUT2D eigenvalue weighted by Gasteiger charge is -2.22. The smallest absolute Gasteiger partial charge is 0.159 e. The van der Waals surface area contributed by atoms with E-state index in [1.54, 1.807) is 12.3 Å². The van der Waals surface area contributed by atoms with E-state index in [-0.39, 0.29) is 0 Å². The molecule has 0 unspecified atom stereocenters. The SMILES string of the molecule is On1cc(C2CCNCC2)c(Cc2ccc3cc(F)c(F)cc3c2)n1. The van der Waals surface area contributed by atoms with Crippen molar-refractivity contribution >= 4 is 10.8 Å². The Kier molecular flexibility index (Phi) is 4.13. The van der Waals surface area contributed by atoms with Crippen LogP contribution in [0.4, 0.5) is 8.78 Å². The van der Waals surface area contributed by atoms with Gasteiger partial charge < -0.3 is 10.5 Å². The van der Waals surface area contributed by atoms with Gasteiger partial charge in [-0.25, -0.2) is 8.78 Å². The summed E-state index contributed by atoms with van der Waals surface area (Å²) < 4.78 is 26.8. The molecule has 6 heteroatoms. The molecule has 4 rings (SSSR count). The van der Waals surface area contributed by atoms with Crippen molar-refractivity contribution in [3.63, 3.8) is 0 Å². The number of fused-ring (bicyclic) bond motifs is 1. The fourth-order valence-corrected chi connectivity index (χ4v) is 3.62. The summed E-state index contributed by atoms with van der Waals surface area (Å²) in [7, 11) is 0. The molecule has 0 amide bonds. The lowest BCUT2D eigenvalue weighted by atomic mass is 9.89. The maximum atomic E-state index is 13.5. The first kappa shape index (κ1) is 16.0. The van der Waals surface area contributed by atoms with Crippen molar-refractivity contribution in [3.05, 3.63) is 65.0 Å². The Balaban J connectivity index is 1.66. The number of piperidine rings is 1. The zero-order valence-electron chi connectivity index (χ0n) is 13.7. The minimum Gasteiger partial charge on any atom is -0.412 e. The summed E-state index contributed by atoms with van der Waals surface area (Å²) in [5.41, 5.74) is 2.85. The predicted octanol–water partition coefficient (Wildman–Crippen LogP) is 3.61. The Morgan fingerprint density at radius 1 is 1.08 bits per heavy atom. The summed E-state index contributed by atoms with van der Waals surface area (Å²) in [5.74, 6) is -1.31. The second kappa shape index (κ2) is 6.44. The second-order valence-corrected chi connectivity index (χ2v) is 6.60. The molecular formula is C19H19F2N3O. The predicted molar refractivity (Wildman–Crippen MR) is 90.9 cm³/mol. The molecule has 0 spiro atoms. The van der Waals surface area contributed by atoms with Crippen molar-refractivity contribution in [1.82, 2.24) is 15.3 Å². The Labute approximate surface area is 144 Å². The van der Waals surface area contributed by atoms with E-state index >= 15 is 0 Å². The van der Waals surface area contributed by atoms with Crippen LogP contribution in [0.2, 0.25) is 0 Å². The largest absolute Gasteiger partial charge is 0.412 e. The van der Waals surface area contributed by atoms with Crippen LogP contribution in [-0.2, 0) is 6.42 Å². The Bertz CT molecular complexity index is 916. The molecule has 0 aliphatic carbocycles. The van der Waals surface area contributed by atoms with Crippen molar-refractivity contribution in [2.45, 2.75) is 25.2 Å². The van der Waals surface area contributed by atoms with Crippen molar-refractivity contribution in [3.8, 4) is 0 Å².